The summed E-state index contributed by atoms with van der Waals surface area (Å²) in [5.41, 5.74) is 0.0467. The molecule has 0 bridgehead atoms. The van der Waals surface area contributed by atoms with Crippen LogP contribution in [-0.2, 0) is 4.79 Å². The van der Waals surface area contributed by atoms with Crippen LogP contribution in [0, 0.1) is 5.82 Å². The summed E-state index contributed by atoms with van der Waals surface area (Å²) >= 11 is 5.99. The molecule has 0 aromatic heterocycles. The number of benzene rings is 1. The summed E-state index contributed by atoms with van der Waals surface area (Å²) in [5, 5.41) is 12.8. The molecule has 0 saturated carbocycles. The van der Waals surface area contributed by atoms with Crippen molar-refractivity contribution in [3.63, 3.8) is 0 Å². The van der Waals surface area contributed by atoms with Gasteiger partial charge in [-0.1, -0.05) is 17.7 Å². The van der Waals surface area contributed by atoms with Gasteiger partial charge in [0.15, 0.2) is 0 Å². The van der Waals surface area contributed by atoms with Crippen molar-refractivity contribution < 1.29 is 14.3 Å². The number of carbonyl (C=O) groups is 1. The van der Waals surface area contributed by atoms with E-state index in [1.54, 1.807) is 4.90 Å². The molecule has 2 rings (SSSR count). The number of hydrogen-bond donors (Lipinski definition) is 2. The van der Waals surface area contributed by atoms with Crippen molar-refractivity contribution in [1.82, 2.24) is 10.2 Å². The van der Waals surface area contributed by atoms with Crippen LogP contribution in [0.25, 0.3) is 0 Å². The number of halogens is 2. The van der Waals surface area contributed by atoms with Gasteiger partial charge < -0.3 is 10.4 Å². The zero-order valence-corrected chi connectivity index (χ0v) is 11.3. The van der Waals surface area contributed by atoms with Crippen molar-refractivity contribution in [2.75, 3.05) is 19.6 Å². The highest BCUT2D eigenvalue weighted by molar-refractivity contribution is 6.31. The van der Waals surface area contributed by atoms with Gasteiger partial charge in [-0.3, -0.25) is 9.69 Å². The predicted octanol–water partition coefficient (Wildman–Crippen LogP) is 1.90. The smallest absolute Gasteiger partial charge is 0.325 e. The summed E-state index contributed by atoms with van der Waals surface area (Å²) in [6.45, 7) is 3.82. The third-order valence-corrected chi connectivity index (χ3v) is 3.72. The Labute approximate surface area is 116 Å². The van der Waals surface area contributed by atoms with E-state index in [0.717, 1.165) is 0 Å². The Balaban J connectivity index is 2.42. The van der Waals surface area contributed by atoms with Gasteiger partial charge in [-0.2, -0.15) is 0 Å². The Morgan fingerprint density at radius 3 is 2.95 bits per heavy atom. The van der Waals surface area contributed by atoms with E-state index in [4.69, 9.17) is 11.6 Å². The molecule has 19 heavy (non-hydrogen) atoms. The molecular formula is C13H16ClFN2O2. The van der Waals surface area contributed by atoms with Crippen LogP contribution in [0.2, 0.25) is 5.02 Å². The maximum absolute atomic E-state index is 14.0. The molecule has 2 atom stereocenters. The first-order chi connectivity index (χ1) is 9.02. The van der Waals surface area contributed by atoms with E-state index in [1.165, 1.54) is 18.2 Å². The molecule has 1 fully saturated rings. The summed E-state index contributed by atoms with van der Waals surface area (Å²) in [7, 11) is 0. The molecule has 4 nitrogen and oxygen atoms in total. The summed E-state index contributed by atoms with van der Waals surface area (Å²) in [6.07, 6.45) is 0. The highest BCUT2D eigenvalue weighted by atomic mass is 35.5. The third kappa shape index (κ3) is 2.88. The largest absolute Gasteiger partial charge is 0.480 e. The monoisotopic (exact) mass is 286 g/mol. The Morgan fingerprint density at radius 1 is 1.63 bits per heavy atom. The highest BCUT2D eigenvalue weighted by Gasteiger charge is 2.35. The zero-order valence-electron chi connectivity index (χ0n) is 10.6. The van der Waals surface area contributed by atoms with E-state index in [0.29, 0.717) is 19.6 Å². The van der Waals surface area contributed by atoms with E-state index >= 15 is 0 Å². The highest BCUT2D eigenvalue weighted by Crippen LogP contribution is 2.31. The van der Waals surface area contributed by atoms with Crippen molar-refractivity contribution in [1.29, 1.82) is 0 Å². The second-order valence-electron chi connectivity index (χ2n) is 4.67. The van der Waals surface area contributed by atoms with Gasteiger partial charge in [0.25, 0.3) is 0 Å². The van der Waals surface area contributed by atoms with Gasteiger partial charge in [-0.05, 0) is 19.1 Å². The van der Waals surface area contributed by atoms with Gasteiger partial charge in [0.05, 0.1) is 0 Å². The molecule has 0 aliphatic carbocycles. The van der Waals surface area contributed by atoms with E-state index in [2.05, 4.69) is 5.32 Å². The Morgan fingerprint density at radius 2 is 2.37 bits per heavy atom. The second kappa shape index (κ2) is 5.86. The zero-order chi connectivity index (χ0) is 14.0. The van der Waals surface area contributed by atoms with Crippen LogP contribution in [0.4, 0.5) is 4.39 Å². The number of hydrogen-bond acceptors (Lipinski definition) is 3. The van der Waals surface area contributed by atoms with E-state index in [9.17, 15) is 14.3 Å². The average molecular weight is 287 g/mol. The Kier molecular flexibility index (Phi) is 4.39. The first-order valence-corrected chi connectivity index (χ1v) is 6.53. The number of aliphatic carboxylic acids is 1. The van der Waals surface area contributed by atoms with Crippen LogP contribution in [0.1, 0.15) is 18.5 Å². The molecule has 1 heterocycles. The number of rotatable bonds is 3. The SMILES string of the molecule is CC1CNCCN1C(C(=O)O)c1c(F)cccc1Cl. The quantitative estimate of drug-likeness (QED) is 0.891. The molecular weight excluding hydrogens is 271 g/mol. The Hall–Kier alpha value is -1.17. The van der Waals surface area contributed by atoms with Gasteiger partial charge in [-0.25, -0.2) is 4.39 Å². The van der Waals surface area contributed by atoms with Crippen LogP contribution < -0.4 is 5.32 Å². The summed E-state index contributed by atoms with van der Waals surface area (Å²) in [4.78, 5) is 13.3. The summed E-state index contributed by atoms with van der Waals surface area (Å²) in [5.74, 6) is -1.66. The molecule has 0 amide bonds. The molecule has 2 N–H and O–H groups in total. The number of nitrogens with zero attached hydrogens (tertiary/aromatic N) is 1. The van der Waals surface area contributed by atoms with Crippen molar-refractivity contribution in [3.8, 4) is 0 Å². The molecule has 6 heteroatoms. The fourth-order valence-electron chi connectivity index (χ4n) is 2.44. The topological polar surface area (TPSA) is 52.6 Å². The Bertz CT molecular complexity index is 463. The first kappa shape index (κ1) is 14.2. The summed E-state index contributed by atoms with van der Waals surface area (Å²) < 4.78 is 14.0. The normalized spacial score (nSPS) is 22.2. The minimum absolute atomic E-state index is 0.00511. The fourth-order valence-corrected chi connectivity index (χ4v) is 2.71. The van der Waals surface area contributed by atoms with Crippen LogP contribution >= 0.6 is 11.6 Å². The molecule has 1 aliphatic heterocycles. The fraction of sp³-hybridized carbons (Fsp3) is 0.462. The molecule has 1 aromatic rings. The van der Waals surface area contributed by atoms with Crippen molar-refractivity contribution in [2.24, 2.45) is 0 Å². The van der Waals surface area contributed by atoms with Gasteiger partial charge in [0, 0.05) is 36.3 Å². The maximum atomic E-state index is 14.0. The van der Waals surface area contributed by atoms with E-state index < -0.39 is 17.8 Å². The van der Waals surface area contributed by atoms with Crippen molar-refractivity contribution >= 4 is 17.6 Å². The van der Waals surface area contributed by atoms with Crippen LogP contribution in [0.15, 0.2) is 18.2 Å². The predicted molar refractivity (Wildman–Crippen MR) is 70.8 cm³/mol. The van der Waals surface area contributed by atoms with Crippen molar-refractivity contribution in [2.45, 2.75) is 19.0 Å². The van der Waals surface area contributed by atoms with Crippen molar-refractivity contribution in [3.05, 3.63) is 34.6 Å². The lowest BCUT2D eigenvalue weighted by atomic mass is 10.0. The molecule has 1 saturated heterocycles. The number of nitrogens with one attached hydrogen (secondary N) is 1. The van der Waals surface area contributed by atoms with Gasteiger partial charge in [-0.15, -0.1) is 0 Å². The molecule has 0 radical (unpaired) electrons. The number of carboxylic acids is 1. The average Bonchev–Trinajstić information content (AvgIpc) is 2.35. The van der Waals surface area contributed by atoms with Gasteiger partial charge in [0.1, 0.15) is 11.9 Å². The third-order valence-electron chi connectivity index (χ3n) is 3.39. The van der Waals surface area contributed by atoms with E-state index in [-0.39, 0.29) is 16.6 Å². The second-order valence-corrected chi connectivity index (χ2v) is 5.07. The van der Waals surface area contributed by atoms with Gasteiger partial charge in [0.2, 0.25) is 0 Å². The molecule has 1 aliphatic rings. The lowest BCUT2D eigenvalue weighted by Crippen LogP contribution is -2.52. The van der Waals surface area contributed by atoms with Crippen LogP contribution in [0.3, 0.4) is 0 Å². The summed E-state index contributed by atoms with van der Waals surface area (Å²) in [6, 6.07) is 3.19. The maximum Gasteiger partial charge on any atom is 0.325 e. The number of carboxylic acid groups (broad SMARTS) is 1. The van der Waals surface area contributed by atoms with Crippen LogP contribution in [-0.4, -0.2) is 41.7 Å². The minimum atomic E-state index is -1.08. The lowest BCUT2D eigenvalue weighted by Gasteiger charge is -2.38. The minimum Gasteiger partial charge on any atom is -0.480 e. The van der Waals surface area contributed by atoms with E-state index in [1.807, 2.05) is 6.92 Å². The lowest BCUT2D eigenvalue weighted by molar-refractivity contribution is -0.145. The molecule has 0 spiro atoms. The number of piperazine rings is 1. The van der Waals surface area contributed by atoms with Crippen LogP contribution in [0.5, 0.6) is 0 Å². The molecule has 1 aromatic carbocycles. The van der Waals surface area contributed by atoms with Gasteiger partial charge >= 0.3 is 5.97 Å². The first-order valence-electron chi connectivity index (χ1n) is 6.15. The standard InChI is InChI=1S/C13H16ClFN2O2/c1-8-7-16-5-6-17(8)12(13(18)19)11-9(14)3-2-4-10(11)15/h2-4,8,12,16H,5-7H2,1H3,(H,18,19). The molecule has 104 valence electrons. The molecule has 2 unspecified atom stereocenters.